The molecule has 18 heavy (non-hydrogen) atoms. The standard InChI is InChI=1S/C6H4Cl2.C6H6O.2ClH.H2O/c7-5-3-1-2-4-6(5)8;7-6-4-2-1-3-5-6;;;/h1-4H;1-5,7H;2*1H;1H2. The van der Waals surface area contributed by atoms with Crippen LogP contribution in [0.2, 0.25) is 10.0 Å². The van der Waals surface area contributed by atoms with Crippen LogP contribution in [0, 0.1) is 0 Å². The number of hydrogen-bond acceptors (Lipinski definition) is 1. The normalized spacial score (nSPS) is 7.44. The van der Waals surface area contributed by atoms with Crippen molar-refractivity contribution in [2.45, 2.75) is 0 Å². The molecule has 0 aromatic heterocycles. The Morgan fingerprint density at radius 2 is 1.00 bits per heavy atom. The molecule has 0 amide bonds. The van der Waals surface area contributed by atoms with Crippen molar-refractivity contribution in [2.75, 3.05) is 0 Å². The van der Waals surface area contributed by atoms with E-state index in [1.807, 2.05) is 18.2 Å². The van der Waals surface area contributed by atoms with E-state index in [2.05, 4.69) is 0 Å². The average molecular weight is 332 g/mol. The molecule has 6 heteroatoms. The van der Waals surface area contributed by atoms with Gasteiger partial charge in [0.2, 0.25) is 0 Å². The Labute approximate surface area is 129 Å². The first-order chi connectivity index (χ1) is 7.20. The van der Waals surface area contributed by atoms with E-state index >= 15 is 0 Å². The Morgan fingerprint density at radius 3 is 1.22 bits per heavy atom. The monoisotopic (exact) mass is 330 g/mol. The third kappa shape index (κ3) is 9.40. The summed E-state index contributed by atoms with van der Waals surface area (Å²) in [5.74, 6) is 0.322. The Kier molecular flexibility index (Phi) is 16.0. The van der Waals surface area contributed by atoms with E-state index in [9.17, 15) is 0 Å². The number of phenolic OH excluding ortho intramolecular Hbond substituents is 1. The first kappa shape index (κ1) is 22.5. The number of para-hydroxylation sites is 1. The predicted octanol–water partition coefficient (Wildman–Crippen LogP) is 4.40. The van der Waals surface area contributed by atoms with Gasteiger partial charge in [-0.1, -0.05) is 53.5 Å². The van der Waals surface area contributed by atoms with E-state index in [0.717, 1.165) is 0 Å². The lowest BCUT2D eigenvalue weighted by atomic mass is 10.3. The smallest absolute Gasteiger partial charge is 0.115 e. The van der Waals surface area contributed by atoms with Crippen molar-refractivity contribution < 1.29 is 10.6 Å². The molecule has 0 saturated heterocycles. The van der Waals surface area contributed by atoms with Crippen LogP contribution in [0.5, 0.6) is 5.75 Å². The third-order valence-corrected chi connectivity index (χ3v) is 2.34. The summed E-state index contributed by atoms with van der Waals surface area (Å²) in [7, 11) is 0. The minimum Gasteiger partial charge on any atom is -0.508 e. The summed E-state index contributed by atoms with van der Waals surface area (Å²) in [6.07, 6.45) is 0. The van der Waals surface area contributed by atoms with Crippen molar-refractivity contribution in [3.05, 3.63) is 64.6 Å². The molecule has 0 unspecified atom stereocenters. The molecule has 0 heterocycles. The van der Waals surface area contributed by atoms with Gasteiger partial charge in [-0.2, -0.15) is 0 Å². The summed E-state index contributed by atoms with van der Waals surface area (Å²) in [5, 5.41) is 9.84. The van der Waals surface area contributed by atoms with Crippen LogP contribution < -0.4 is 0 Å². The minimum absolute atomic E-state index is 0. The maximum absolute atomic E-state index is 8.63. The highest BCUT2D eigenvalue weighted by Gasteiger charge is 1.89. The molecule has 2 aromatic carbocycles. The lowest BCUT2D eigenvalue weighted by Gasteiger charge is -1.88. The van der Waals surface area contributed by atoms with Gasteiger partial charge in [-0.3, -0.25) is 0 Å². The third-order valence-electron chi connectivity index (χ3n) is 1.58. The van der Waals surface area contributed by atoms with Crippen molar-refractivity contribution in [2.24, 2.45) is 0 Å². The van der Waals surface area contributed by atoms with Crippen LogP contribution in [-0.2, 0) is 0 Å². The number of hydrogen-bond donors (Lipinski definition) is 1. The topological polar surface area (TPSA) is 51.7 Å². The van der Waals surface area contributed by atoms with Gasteiger partial charge in [0.1, 0.15) is 5.75 Å². The molecule has 0 bridgehead atoms. The maximum atomic E-state index is 8.63. The number of aromatic hydroxyl groups is 1. The highest BCUT2D eigenvalue weighted by molar-refractivity contribution is 6.41. The van der Waals surface area contributed by atoms with Crippen molar-refractivity contribution in [1.29, 1.82) is 0 Å². The summed E-state index contributed by atoms with van der Waals surface area (Å²) in [6.45, 7) is 0. The van der Waals surface area contributed by atoms with Crippen molar-refractivity contribution in [1.82, 2.24) is 0 Å². The first-order valence-corrected chi connectivity index (χ1v) is 5.10. The second-order valence-electron chi connectivity index (χ2n) is 2.75. The fourth-order valence-electron chi connectivity index (χ4n) is 0.867. The van der Waals surface area contributed by atoms with Crippen LogP contribution in [0.3, 0.4) is 0 Å². The molecule has 2 nitrogen and oxygen atoms in total. The molecule has 3 N–H and O–H groups in total. The minimum atomic E-state index is 0. The van der Waals surface area contributed by atoms with Gasteiger partial charge in [-0.05, 0) is 24.3 Å². The Morgan fingerprint density at radius 1 is 0.667 bits per heavy atom. The fraction of sp³-hybridized carbons (Fsp3) is 0. The van der Waals surface area contributed by atoms with Gasteiger partial charge in [0.15, 0.2) is 0 Å². The Hall–Kier alpha value is -0.640. The summed E-state index contributed by atoms with van der Waals surface area (Å²) < 4.78 is 0. The summed E-state index contributed by atoms with van der Waals surface area (Å²) in [6, 6.07) is 15.9. The zero-order valence-corrected chi connectivity index (χ0v) is 12.4. The largest absolute Gasteiger partial charge is 0.508 e. The van der Waals surface area contributed by atoms with Gasteiger partial charge >= 0.3 is 0 Å². The predicted molar refractivity (Wildman–Crippen MR) is 82.7 cm³/mol. The molecule has 0 aliphatic carbocycles. The van der Waals surface area contributed by atoms with Gasteiger partial charge in [-0.15, -0.1) is 24.8 Å². The number of benzene rings is 2. The van der Waals surface area contributed by atoms with Crippen LogP contribution in [0.4, 0.5) is 0 Å². The summed E-state index contributed by atoms with van der Waals surface area (Å²) >= 11 is 11.2. The highest BCUT2D eigenvalue weighted by Crippen LogP contribution is 2.19. The van der Waals surface area contributed by atoms with E-state index in [1.54, 1.807) is 36.4 Å². The number of halogens is 4. The lowest BCUT2D eigenvalue weighted by Crippen LogP contribution is -1.62. The first-order valence-electron chi connectivity index (χ1n) is 4.34. The van der Waals surface area contributed by atoms with Gasteiger partial charge in [-0.25, -0.2) is 0 Å². The molecule has 0 radical (unpaired) electrons. The van der Waals surface area contributed by atoms with Gasteiger partial charge in [0, 0.05) is 0 Å². The van der Waals surface area contributed by atoms with Crippen molar-refractivity contribution in [3.8, 4) is 5.75 Å². The second-order valence-corrected chi connectivity index (χ2v) is 3.56. The van der Waals surface area contributed by atoms with Crippen molar-refractivity contribution in [3.63, 3.8) is 0 Å². The molecular weight excluding hydrogens is 318 g/mol. The molecule has 102 valence electrons. The molecular formula is C12H14Cl4O2. The second kappa shape index (κ2) is 12.8. The number of phenols is 1. The van der Waals surface area contributed by atoms with E-state index in [0.29, 0.717) is 15.8 Å². The quantitative estimate of drug-likeness (QED) is 0.764. The SMILES string of the molecule is Cl.Cl.Clc1ccccc1Cl.O.Oc1ccccc1. The van der Waals surface area contributed by atoms with Crippen LogP contribution in [-0.4, -0.2) is 10.6 Å². The molecule has 2 aromatic rings. The molecule has 0 spiro atoms. The van der Waals surface area contributed by atoms with Gasteiger partial charge < -0.3 is 10.6 Å². The zero-order chi connectivity index (χ0) is 11.1. The Balaban J connectivity index is -0.000000215. The van der Waals surface area contributed by atoms with Gasteiger partial charge in [0.25, 0.3) is 0 Å². The summed E-state index contributed by atoms with van der Waals surface area (Å²) in [4.78, 5) is 0. The van der Waals surface area contributed by atoms with Crippen LogP contribution in [0.25, 0.3) is 0 Å². The van der Waals surface area contributed by atoms with E-state index in [1.165, 1.54) is 0 Å². The lowest BCUT2D eigenvalue weighted by molar-refractivity contribution is 0.475. The van der Waals surface area contributed by atoms with Crippen LogP contribution in [0.1, 0.15) is 0 Å². The fourth-order valence-corrected chi connectivity index (χ4v) is 1.14. The molecule has 0 saturated carbocycles. The van der Waals surface area contributed by atoms with E-state index in [-0.39, 0.29) is 30.3 Å². The van der Waals surface area contributed by atoms with Gasteiger partial charge in [0.05, 0.1) is 10.0 Å². The molecule has 0 aliphatic heterocycles. The average Bonchev–Trinajstić information content (AvgIpc) is 2.25. The summed E-state index contributed by atoms with van der Waals surface area (Å²) in [5.41, 5.74) is 0. The zero-order valence-electron chi connectivity index (χ0n) is 9.22. The molecule has 0 fully saturated rings. The molecule has 2 rings (SSSR count). The van der Waals surface area contributed by atoms with E-state index in [4.69, 9.17) is 28.3 Å². The molecule has 0 atom stereocenters. The molecule has 0 aliphatic rings. The van der Waals surface area contributed by atoms with E-state index < -0.39 is 0 Å². The Bertz CT molecular complexity index is 389. The van der Waals surface area contributed by atoms with Crippen LogP contribution >= 0.6 is 48.0 Å². The van der Waals surface area contributed by atoms with Crippen molar-refractivity contribution >= 4 is 48.0 Å². The van der Waals surface area contributed by atoms with Crippen LogP contribution in [0.15, 0.2) is 54.6 Å². The number of rotatable bonds is 0. The maximum Gasteiger partial charge on any atom is 0.115 e. The highest BCUT2D eigenvalue weighted by atomic mass is 35.5.